The fraction of sp³-hybridized carbons (Fsp3) is 0.333. The van der Waals surface area contributed by atoms with Crippen molar-refractivity contribution in [3.63, 3.8) is 0 Å². The molecule has 9 heteroatoms. The molecule has 0 spiro atoms. The van der Waals surface area contributed by atoms with E-state index in [4.69, 9.17) is 28.3 Å². The molecular weight excluding hydrogens is 335 g/mol. The molecule has 2 N–H and O–H groups in total. The van der Waals surface area contributed by atoms with Gasteiger partial charge in [0.25, 0.3) is 15.2 Å². The third-order valence-electron chi connectivity index (χ3n) is 2.71. The van der Waals surface area contributed by atoms with Crippen LogP contribution in [-0.4, -0.2) is 23.2 Å². The summed E-state index contributed by atoms with van der Waals surface area (Å²) in [6.45, 7) is 4.27. The molecule has 0 unspecified atom stereocenters. The number of nitrogens with zero attached hydrogens (tertiary/aromatic N) is 3. The molecule has 0 amide bonds. The van der Waals surface area contributed by atoms with Crippen molar-refractivity contribution in [1.82, 2.24) is 14.8 Å². The molecule has 1 aromatic carbocycles. The van der Waals surface area contributed by atoms with Gasteiger partial charge in [-0.25, -0.2) is 13.6 Å². The molecule has 0 fully saturated rings. The molecular formula is C12H14Cl2N4O2S. The molecule has 0 atom stereocenters. The lowest BCUT2D eigenvalue weighted by Gasteiger charge is -2.12. The molecule has 2 rings (SSSR count). The molecule has 6 nitrogen and oxygen atoms in total. The van der Waals surface area contributed by atoms with Crippen molar-refractivity contribution in [2.45, 2.75) is 25.5 Å². The fourth-order valence-electron chi connectivity index (χ4n) is 1.90. The van der Waals surface area contributed by atoms with Crippen LogP contribution in [0.4, 0.5) is 0 Å². The fourth-order valence-corrected chi connectivity index (χ4v) is 2.91. The molecule has 0 aliphatic rings. The van der Waals surface area contributed by atoms with Crippen LogP contribution in [0.15, 0.2) is 23.4 Å². The predicted octanol–water partition coefficient (Wildman–Crippen LogP) is 2.56. The van der Waals surface area contributed by atoms with E-state index in [0.717, 1.165) is 0 Å². The first-order valence-electron chi connectivity index (χ1n) is 6.12. The zero-order valence-electron chi connectivity index (χ0n) is 11.4. The van der Waals surface area contributed by atoms with Crippen LogP contribution in [0.3, 0.4) is 0 Å². The normalized spacial score (nSPS) is 12.1. The van der Waals surface area contributed by atoms with E-state index < -0.39 is 10.0 Å². The summed E-state index contributed by atoms with van der Waals surface area (Å²) in [6, 6.07) is 5.04. The molecule has 2 aromatic rings. The van der Waals surface area contributed by atoms with Gasteiger partial charge in [-0.1, -0.05) is 43.1 Å². The zero-order valence-corrected chi connectivity index (χ0v) is 13.7. The van der Waals surface area contributed by atoms with E-state index in [1.165, 1.54) is 4.57 Å². The van der Waals surface area contributed by atoms with Crippen molar-refractivity contribution >= 4 is 33.2 Å². The summed E-state index contributed by atoms with van der Waals surface area (Å²) < 4.78 is 24.7. The Morgan fingerprint density at radius 2 is 1.95 bits per heavy atom. The summed E-state index contributed by atoms with van der Waals surface area (Å²) >= 11 is 12.2. The van der Waals surface area contributed by atoms with E-state index in [1.54, 1.807) is 18.2 Å². The van der Waals surface area contributed by atoms with Crippen molar-refractivity contribution in [3.05, 3.63) is 28.2 Å². The Bertz CT molecular complexity index is 772. The second-order valence-electron chi connectivity index (χ2n) is 4.96. The van der Waals surface area contributed by atoms with E-state index in [0.29, 0.717) is 23.0 Å². The van der Waals surface area contributed by atoms with Gasteiger partial charge in [0.15, 0.2) is 5.82 Å². The molecule has 21 heavy (non-hydrogen) atoms. The standard InChI is InChI=1S/C12H14Cl2N4O2S/c1-7(2)6-18-11(16-17-12(18)21(15,19)20)8-4-3-5-9(13)10(8)14/h3-5,7H,6H2,1-2H3,(H2,15,19,20). The van der Waals surface area contributed by atoms with Crippen molar-refractivity contribution < 1.29 is 8.42 Å². The van der Waals surface area contributed by atoms with Crippen LogP contribution >= 0.6 is 23.2 Å². The quantitative estimate of drug-likeness (QED) is 0.918. The summed E-state index contributed by atoms with van der Waals surface area (Å²) in [5.74, 6) is 0.485. The minimum absolute atomic E-state index is 0.165. The number of hydrogen-bond donors (Lipinski definition) is 1. The summed E-state index contributed by atoms with van der Waals surface area (Å²) in [4.78, 5) is 0. The van der Waals surface area contributed by atoms with Gasteiger partial charge in [0, 0.05) is 12.1 Å². The van der Waals surface area contributed by atoms with Crippen LogP contribution < -0.4 is 5.14 Å². The molecule has 0 radical (unpaired) electrons. The van der Waals surface area contributed by atoms with Gasteiger partial charge in [-0.05, 0) is 18.1 Å². The number of aromatic nitrogens is 3. The number of primary sulfonamides is 1. The SMILES string of the molecule is CC(C)Cn1c(-c2cccc(Cl)c2Cl)nnc1S(N)(=O)=O. The topological polar surface area (TPSA) is 90.9 Å². The van der Waals surface area contributed by atoms with Crippen LogP contribution in [0.2, 0.25) is 10.0 Å². The predicted molar refractivity (Wildman–Crippen MR) is 81.7 cm³/mol. The Hall–Kier alpha value is -1.15. The van der Waals surface area contributed by atoms with Crippen molar-refractivity contribution in [1.29, 1.82) is 0 Å². The molecule has 0 bridgehead atoms. The van der Waals surface area contributed by atoms with Crippen LogP contribution in [0.25, 0.3) is 11.4 Å². The van der Waals surface area contributed by atoms with E-state index in [2.05, 4.69) is 10.2 Å². The maximum Gasteiger partial charge on any atom is 0.273 e. The van der Waals surface area contributed by atoms with Crippen LogP contribution in [0, 0.1) is 5.92 Å². The van der Waals surface area contributed by atoms with Gasteiger partial charge < -0.3 is 0 Å². The van der Waals surface area contributed by atoms with Gasteiger partial charge in [0.2, 0.25) is 0 Å². The Labute approximate surface area is 132 Å². The molecule has 0 saturated carbocycles. The maximum atomic E-state index is 11.6. The van der Waals surface area contributed by atoms with Crippen molar-refractivity contribution in [2.75, 3.05) is 0 Å². The highest BCUT2D eigenvalue weighted by Crippen LogP contribution is 2.33. The first kappa shape index (κ1) is 16.2. The highest BCUT2D eigenvalue weighted by molar-refractivity contribution is 7.89. The number of rotatable bonds is 4. The van der Waals surface area contributed by atoms with Gasteiger partial charge in [0.05, 0.1) is 10.0 Å². The Morgan fingerprint density at radius 3 is 2.52 bits per heavy atom. The minimum Gasteiger partial charge on any atom is -0.296 e. The third kappa shape index (κ3) is 3.37. The summed E-state index contributed by atoms with van der Waals surface area (Å²) in [6.07, 6.45) is 0. The van der Waals surface area contributed by atoms with Gasteiger partial charge in [-0.15, -0.1) is 10.2 Å². The lowest BCUT2D eigenvalue weighted by atomic mass is 10.2. The number of halogens is 2. The van der Waals surface area contributed by atoms with E-state index in [1.807, 2.05) is 13.8 Å². The molecule has 0 aliphatic heterocycles. The molecule has 1 aromatic heterocycles. The van der Waals surface area contributed by atoms with Crippen molar-refractivity contribution in [3.8, 4) is 11.4 Å². The zero-order chi connectivity index (χ0) is 15.8. The van der Waals surface area contributed by atoms with Gasteiger partial charge >= 0.3 is 0 Å². The third-order valence-corrected chi connectivity index (χ3v) is 4.34. The minimum atomic E-state index is -3.98. The number of hydrogen-bond acceptors (Lipinski definition) is 4. The van der Waals surface area contributed by atoms with Crippen LogP contribution in [-0.2, 0) is 16.6 Å². The van der Waals surface area contributed by atoms with Gasteiger partial charge in [-0.3, -0.25) is 4.57 Å². The average Bonchev–Trinajstić information content (AvgIpc) is 2.75. The maximum absolute atomic E-state index is 11.6. The molecule has 114 valence electrons. The first-order valence-corrected chi connectivity index (χ1v) is 8.42. The number of sulfonamides is 1. The Balaban J connectivity index is 2.70. The van der Waals surface area contributed by atoms with Crippen LogP contribution in [0.5, 0.6) is 0 Å². The Kier molecular flexibility index (Phi) is 4.57. The van der Waals surface area contributed by atoms with E-state index >= 15 is 0 Å². The van der Waals surface area contributed by atoms with E-state index in [9.17, 15) is 8.42 Å². The van der Waals surface area contributed by atoms with Crippen LogP contribution in [0.1, 0.15) is 13.8 Å². The van der Waals surface area contributed by atoms with Crippen molar-refractivity contribution in [2.24, 2.45) is 11.1 Å². The molecule has 0 saturated heterocycles. The summed E-state index contributed by atoms with van der Waals surface area (Å²) in [5, 5.41) is 13.1. The molecule has 0 aliphatic carbocycles. The van der Waals surface area contributed by atoms with E-state index in [-0.39, 0.29) is 16.1 Å². The number of nitrogens with two attached hydrogens (primary N) is 1. The summed E-state index contributed by atoms with van der Waals surface area (Å²) in [7, 11) is -3.98. The highest BCUT2D eigenvalue weighted by atomic mass is 35.5. The van der Waals surface area contributed by atoms with Gasteiger partial charge in [-0.2, -0.15) is 0 Å². The largest absolute Gasteiger partial charge is 0.296 e. The molecule has 1 heterocycles. The Morgan fingerprint density at radius 1 is 1.29 bits per heavy atom. The first-order chi connectivity index (χ1) is 9.71. The monoisotopic (exact) mass is 348 g/mol. The highest BCUT2D eigenvalue weighted by Gasteiger charge is 2.24. The second-order valence-corrected chi connectivity index (χ2v) is 7.20. The lowest BCUT2D eigenvalue weighted by Crippen LogP contribution is -2.20. The smallest absolute Gasteiger partial charge is 0.273 e. The number of benzene rings is 1. The average molecular weight is 349 g/mol. The lowest BCUT2D eigenvalue weighted by molar-refractivity contribution is 0.486. The second kappa shape index (κ2) is 5.92. The van der Waals surface area contributed by atoms with Gasteiger partial charge in [0.1, 0.15) is 0 Å². The summed E-state index contributed by atoms with van der Waals surface area (Å²) in [5.41, 5.74) is 0.507.